The Morgan fingerprint density at radius 3 is 2.17 bits per heavy atom. The lowest BCUT2D eigenvalue weighted by molar-refractivity contribution is -0.179. The van der Waals surface area contributed by atoms with Crippen LogP contribution in [0.2, 0.25) is 0 Å². The van der Waals surface area contributed by atoms with Crippen LogP contribution in [0.1, 0.15) is 84.5 Å². The first kappa shape index (κ1) is 43.6. The number of methoxy groups -OCH3 is 1. The highest BCUT2D eigenvalue weighted by atomic mass is 16.6. The molecular weight excluding hydrogens is 803 g/mol. The van der Waals surface area contributed by atoms with Crippen molar-refractivity contribution in [1.29, 1.82) is 0 Å². The number of carbonyl (C=O) groups is 4. The first-order valence-electron chi connectivity index (χ1n) is 21.8. The molecule has 3 fully saturated rings. The van der Waals surface area contributed by atoms with E-state index in [1.165, 1.54) is 7.11 Å². The number of benzene rings is 4. The minimum absolute atomic E-state index is 0.00452. The average Bonchev–Trinajstić information content (AvgIpc) is 3.75. The molecule has 13 nitrogen and oxygen atoms in total. The zero-order valence-corrected chi connectivity index (χ0v) is 35.4. The van der Waals surface area contributed by atoms with E-state index in [4.69, 9.17) is 18.9 Å². The van der Waals surface area contributed by atoms with Crippen LogP contribution in [0.5, 0.6) is 5.75 Å². The largest absolute Gasteiger partial charge is 0.491 e. The van der Waals surface area contributed by atoms with Gasteiger partial charge >= 0.3 is 12.1 Å². The van der Waals surface area contributed by atoms with E-state index < -0.39 is 59.4 Å². The van der Waals surface area contributed by atoms with Crippen molar-refractivity contribution in [3.05, 3.63) is 131 Å². The summed E-state index contributed by atoms with van der Waals surface area (Å²) in [6.07, 6.45) is 2.73. The van der Waals surface area contributed by atoms with Crippen LogP contribution in [0.3, 0.4) is 0 Å². The SMILES string of the molecule is COCCOC(=O)N1C(=O)C2(c3cc(C#CCCO)ccc31)C(C(=O)N1CCCCCCC1)C1C(=O)OC(c3ccccc3)C(c3ccccc3)N1C2c1cccc(OCCO)c1. The number of likely N-dealkylation sites (tertiary alicyclic amines) is 1. The molecule has 0 bridgehead atoms. The summed E-state index contributed by atoms with van der Waals surface area (Å²) in [7, 11) is 1.47. The molecule has 0 radical (unpaired) electrons. The molecular formula is C50H53N3O10. The summed E-state index contributed by atoms with van der Waals surface area (Å²) in [5.74, 6) is 3.27. The van der Waals surface area contributed by atoms with Crippen LogP contribution >= 0.6 is 0 Å². The summed E-state index contributed by atoms with van der Waals surface area (Å²) in [5.41, 5.74) is 1.06. The molecule has 4 aliphatic rings. The van der Waals surface area contributed by atoms with Crippen LogP contribution in [0.4, 0.5) is 10.5 Å². The van der Waals surface area contributed by atoms with Crippen molar-refractivity contribution in [3.63, 3.8) is 0 Å². The van der Waals surface area contributed by atoms with Gasteiger partial charge in [-0.2, -0.15) is 0 Å². The van der Waals surface area contributed by atoms with E-state index in [0.717, 1.165) is 42.6 Å². The minimum atomic E-state index is -1.97. The molecule has 63 heavy (non-hydrogen) atoms. The van der Waals surface area contributed by atoms with E-state index in [2.05, 4.69) is 11.8 Å². The lowest BCUT2D eigenvalue weighted by Crippen LogP contribution is -2.56. The number of anilines is 1. The smallest absolute Gasteiger partial charge is 0.421 e. The van der Waals surface area contributed by atoms with E-state index in [1.807, 2.05) is 71.6 Å². The van der Waals surface area contributed by atoms with Gasteiger partial charge in [0.2, 0.25) is 11.8 Å². The van der Waals surface area contributed by atoms with E-state index in [-0.39, 0.29) is 45.1 Å². The molecule has 4 heterocycles. The van der Waals surface area contributed by atoms with Gasteiger partial charge in [-0.3, -0.25) is 19.3 Å². The number of morpholine rings is 1. The first-order chi connectivity index (χ1) is 30.8. The zero-order valence-electron chi connectivity index (χ0n) is 35.4. The fourth-order valence-electron chi connectivity index (χ4n) is 10.0. The highest BCUT2D eigenvalue weighted by Gasteiger charge is 2.76. The molecule has 4 aliphatic heterocycles. The summed E-state index contributed by atoms with van der Waals surface area (Å²) in [5, 5.41) is 19.4. The quantitative estimate of drug-likeness (QED) is 0.103. The molecule has 6 atom stereocenters. The van der Waals surface area contributed by atoms with Gasteiger partial charge in [0.05, 0.1) is 43.5 Å². The van der Waals surface area contributed by atoms with Gasteiger partial charge in [-0.05, 0) is 65.4 Å². The van der Waals surface area contributed by atoms with Gasteiger partial charge < -0.3 is 34.1 Å². The third-order valence-electron chi connectivity index (χ3n) is 12.6. The number of hydrogen-bond donors (Lipinski definition) is 2. The van der Waals surface area contributed by atoms with Gasteiger partial charge in [0.25, 0.3) is 0 Å². The predicted octanol–water partition coefficient (Wildman–Crippen LogP) is 6.03. The van der Waals surface area contributed by atoms with Crippen LogP contribution in [0, 0.1) is 17.8 Å². The number of ether oxygens (including phenoxy) is 4. The van der Waals surface area contributed by atoms with Gasteiger partial charge in [-0.1, -0.05) is 104 Å². The lowest BCUT2D eigenvalue weighted by Gasteiger charge is -2.46. The van der Waals surface area contributed by atoms with Gasteiger partial charge in [-0.15, -0.1) is 0 Å². The molecule has 0 saturated carbocycles. The number of aliphatic hydroxyl groups excluding tert-OH is 2. The normalized spacial score (nSPS) is 24.4. The fraction of sp³-hybridized carbons (Fsp3) is 0.400. The molecule has 6 unspecified atom stereocenters. The maximum atomic E-state index is 16.3. The number of esters is 1. The van der Waals surface area contributed by atoms with Crippen molar-refractivity contribution in [3.8, 4) is 17.6 Å². The highest BCUT2D eigenvalue weighted by Crippen LogP contribution is 2.66. The Bertz CT molecular complexity index is 2340. The van der Waals surface area contributed by atoms with Crippen LogP contribution in [0.15, 0.2) is 103 Å². The third-order valence-corrected chi connectivity index (χ3v) is 12.6. The molecule has 4 aromatic rings. The number of imide groups is 1. The number of aliphatic hydroxyl groups is 2. The van der Waals surface area contributed by atoms with E-state index in [1.54, 1.807) is 41.3 Å². The number of hydrogen-bond acceptors (Lipinski definition) is 11. The second-order valence-electron chi connectivity index (χ2n) is 16.3. The van der Waals surface area contributed by atoms with Gasteiger partial charge in [-0.25, -0.2) is 9.69 Å². The summed E-state index contributed by atoms with van der Waals surface area (Å²) < 4.78 is 23.5. The minimum Gasteiger partial charge on any atom is -0.491 e. The van der Waals surface area contributed by atoms with Gasteiger partial charge in [0, 0.05) is 32.2 Å². The van der Waals surface area contributed by atoms with Crippen LogP contribution in [0.25, 0.3) is 0 Å². The molecule has 3 amide bonds. The Hall–Kier alpha value is -6.04. The topological polar surface area (TPSA) is 155 Å². The number of nitrogens with zero attached hydrogens (tertiary/aromatic N) is 3. The number of fused-ring (bicyclic) bond motifs is 3. The standard InChI is InChI=1S/C50H53N3O10/c1-60-30-31-62-49(59)52-40-24-23-34(16-11-14-27-54)32-39(40)50(48(52)58)41(46(56)51-25-12-3-2-4-13-26-51)43-47(57)63-44(36-19-9-6-10-20-36)42(35-17-7-5-8-18-35)53(43)45(50)37-21-15-22-38(33-37)61-29-28-55/h5-10,15,17-24,32-33,41-45,54-55H,2-4,12-14,25-31H2,1H3. The Kier molecular flexibility index (Phi) is 13.5. The molecule has 8 rings (SSSR count). The highest BCUT2D eigenvalue weighted by molar-refractivity contribution is 6.23. The lowest BCUT2D eigenvalue weighted by atomic mass is 9.64. The van der Waals surface area contributed by atoms with E-state index in [9.17, 15) is 15.0 Å². The monoisotopic (exact) mass is 855 g/mol. The molecule has 0 aromatic heterocycles. The van der Waals surface area contributed by atoms with Crippen LogP contribution in [-0.2, 0) is 34.0 Å². The molecule has 13 heteroatoms. The number of amides is 3. The Labute approximate surface area is 367 Å². The van der Waals surface area contributed by atoms with Crippen molar-refractivity contribution in [1.82, 2.24) is 9.80 Å². The Balaban J connectivity index is 1.47. The van der Waals surface area contributed by atoms with Crippen molar-refractivity contribution in [2.45, 2.75) is 68.2 Å². The molecule has 0 aliphatic carbocycles. The van der Waals surface area contributed by atoms with E-state index in [0.29, 0.717) is 41.1 Å². The van der Waals surface area contributed by atoms with Crippen molar-refractivity contribution < 1.29 is 48.3 Å². The molecule has 4 aromatic carbocycles. The summed E-state index contributed by atoms with van der Waals surface area (Å²) in [6.45, 7) is 0.367. The van der Waals surface area contributed by atoms with Crippen molar-refractivity contribution in [2.75, 3.05) is 58.1 Å². The van der Waals surface area contributed by atoms with Crippen LogP contribution < -0.4 is 9.64 Å². The molecule has 328 valence electrons. The second-order valence-corrected chi connectivity index (χ2v) is 16.3. The first-order valence-corrected chi connectivity index (χ1v) is 21.8. The van der Waals surface area contributed by atoms with Gasteiger partial charge in [0.1, 0.15) is 36.5 Å². The number of carbonyl (C=O) groups excluding carboxylic acids is 4. The third kappa shape index (κ3) is 8.20. The second kappa shape index (κ2) is 19.6. The number of rotatable bonds is 11. The van der Waals surface area contributed by atoms with Gasteiger partial charge in [0.15, 0.2) is 0 Å². The maximum Gasteiger partial charge on any atom is 0.421 e. The number of cyclic esters (lactones) is 1. The summed E-state index contributed by atoms with van der Waals surface area (Å²) in [6, 6.07) is 28.0. The Morgan fingerprint density at radius 2 is 1.48 bits per heavy atom. The van der Waals surface area contributed by atoms with Crippen LogP contribution in [-0.4, -0.2) is 103 Å². The fourth-order valence-corrected chi connectivity index (χ4v) is 10.0. The average molecular weight is 856 g/mol. The van der Waals surface area contributed by atoms with Crippen molar-refractivity contribution in [2.24, 2.45) is 5.92 Å². The summed E-state index contributed by atoms with van der Waals surface area (Å²) >= 11 is 0. The Morgan fingerprint density at radius 1 is 0.778 bits per heavy atom. The molecule has 1 spiro atoms. The maximum absolute atomic E-state index is 16.3. The zero-order chi connectivity index (χ0) is 43.9. The predicted molar refractivity (Wildman–Crippen MR) is 232 cm³/mol. The molecule has 3 saturated heterocycles. The van der Waals surface area contributed by atoms with E-state index >= 15 is 14.4 Å². The summed E-state index contributed by atoms with van der Waals surface area (Å²) in [4.78, 5) is 67.0. The molecule has 2 N–H and O–H groups in total. The van der Waals surface area contributed by atoms with Crippen molar-refractivity contribution >= 4 is 29.6 Å².